The first-order valence-corrected chi connectivity index (χ1v) is 5.54. The first-order valence-electron chi connectivity index (χ1n) is 5.54. The third kappa shape index (κ3) is 3.05. The van der Waals surface area contributed by atoms with Gasteiger partial charge in [0.1, 0.15) is 12.2 Å². The number of likely N-dealkylation sites (tertiary alicyclic amines) is 1. The molecule has 1 saturated heterocycles. The Balaban J connectivity index is 2.52. The van der Waals surface area contributed by atoms with Crippen LogP contribution < -0.4 is 0 Å². The average molecular weight is 227 g/mol. The van der Waals surface area contributed by atoms with E-state index < -0.39 is 11.9 Å². The molecule has 1 aliphatic rings. The van der Waals surface area contributed by atoms with E-state index in [4.69, 9.17) is 5.11 Å². The summed E-state index contributed by atoms with van der Waals surface area (Å²) in [6.07, 6.45) is 2.87. The molecule has 5 nitrogen and oxygen atoms in total. The van der Waals surface area contributed by atoms with Crippen LogP contribution in [0.2, 0.25) is 0 Å². The Labute approximate surface area is 94.4 Å². The van der Waals surface area contributed by atoms with Gasteiger partial charge >= 0.3 is 5.97 Å². The summed E-state index contributed by atoms with van der Waals surface area (Å²) >= 11 is 0. The minimum atomic E-state index is -1.17. The SMILES string of the molecule is CCCC1CC(=O)N(CC(C=O)C(=O)O)C1. The van der Waals surface area contributed by atoms with Crippen LogP contribution in [0, 0.1) is 11.8 Å². The minimum absolute atomic E-state index is 0.0118. The van der Waals surface area contributed by atoms with Crippen LogP contribution in [0.5, 0.6) is 0 Å². The quantitative estimate of drug-likeness (QED) is 0.530. The molecule has 1 aliphatic heterocycles. The molecule has 90 valence electrons. The van der Waals surface area contributed by atoms with E-state index in [0.29, 0.717) is 25.2 Å². The van der Waals surface area contributed by atoms with Gasteiger partial charge in [-0.2, -0.15) is 0 Å². The van der Waals surface area contributed by atoms with E-state index in [-0.39, 0.29) is 12.5 Å². The summed E-state index contributed by atoms with van der Waals surface area (Å²) in [7, 11) is 0. The Morgan fingerprint density at radius 1 is 1.69 bits per heavy atom. The van der Waals surface area contributed by atoms with E-state index in [9.17, 15) is 14.4 Å². The highest BCUT2D eigenvalue weighted by Crippen LogP contribution is 2.22. The summed E-state index contributed by atoms with van der Waals surface area (Å²) in [4.78, 5) is 34.2. The molecule has 0 radical (unpaired) electrons. The number of carbonyl (C=O) groups excluding carboxylic acids is 2. The first kappa shape index (κ1) is 12.7. The van der Waals surface area contributed by atoms with E-state index >= 15 is 0 Å². The van der Waals surface area contributed by atoms with Crippen molar-refractivity contribution in [3.63, 3.8) is 0 Å². The maximum absolute atomic E-state index is 11.6. The number of carboxylic acids is 1. The van der Waals surface area contributed by atoms with Crippen molar-refractivity contribution >= 4 is 18.2 Å². The van der Waals surface area contributed by atoms with Crippen molar-refractivity contribution in [3.05, 3.63) is 0 Å². The lowest BCUT2D eigenvalue weighted by Gasteiger charge is -2.18. The number of nitrogens with zero attached hydrogens (tertiary/aromatic N) is 1. The third-order valence-electron chi connectivity index (χ3n) is 2.89. The fourth-order valence-electron chi connectivity index (χ4n) is 2.05. The molecule has 1 N–H and O–H groups in total. The van der Waals surface area contributed by atoms with Gasteiger partial charge in [-0.05, 0) is 12.3 Å². The topological polar surface area (TPSA) is 74.7 Å². The number of hydrogen-bond acceptors (Lipinski definition) is 3. The summed E-state index contributed by atoms with van der Waals surface area (Å²) in [5.41, 5.74) is 0. The van der Waals surface area contributed by atoms with Gasteiger partial charge in [-0.15, -0.1) is 0 Å². The molecule has 1 fully saturated rings. The van der Waals surface area contributed by atoms with E-state index in [1.807, 2.05) is 0 Å². The van der Waals surface area contributed by atoms with E-state index in [0.717, 1.165) is 12.8 Å². The fraction of sp³-hybridized carbons (Fsp3) is 0.727. The molecule has 0 aromatic heterocycles. The zero-order chi connectivity index (χ0) is 12.1. The number of carboxylic acid groups (broad SMARTS) is 1. The van der Waals surface area contributed by atoms with Crippen molar-refractivity contribution in [1.29, 1.82) is 0 Å². The Kier molecular flexibility index (Phi) is 4.46. The van der Waals surface area contributed by atoms with Crippen LogP contribution in [0.4, 0.5) is 0 Å². The zero-order valence-electron chi connectivity index (χ0n) is 9.39. The summed E-state index contributed by atoms with van der Waals surface area (Å²) in [6.45, 7) is 2.65. The summed E-state index contributed by atoms with van der Waals surface area (Å²) in [6, 6.07) is 0. The standard InChI is InChI=1S/C11H17NO4/c1-2-3-8-4-10(14)12(5-8)6-9(7-13)11(15)16/h7-9H,2-6H2,1H3,(H,15,16). The van der Waals surface area contributed by atoms with Gasteiger partial charge in [0.15, 0.2) is 0 Å². The summed E-state index contributed by atoms with van der Waals surface area (Å²) in [5.74, 6) is -1.98. The van der Waals surface area contributed by atoms with Crippen molar-refractivity contribution in [2.45, 2.75) is 26.2 Å². The van der Waals surface area contributed by atoms with Crippen molar-refractivity contribution in [2.24, 2.45) is 11.8 Å². The number of rotatable bonds is 6. The molecule has 2 atom stereocenters. The number of hydrogen-bond donors (Lipinski definition) is 1. The van der Waals surface area contributed by atoms with Gasteiger partial charge in [0.2, 0.25) is 5.91 Å². The number of amides is 1. The summed E-state index contributed by atoms with van der Waals surface area (Å²) < 4.78 is 0. The van der Waals surface area contributed by atoms with Gasteiger partial charge in [0.05, 0.1) is 0 Å². The Bertz CT molecular complexity index is 290. The highest BCUT2D eigenvalue weighted by atomic mass is 16.4. The third-order valence-corrected chi connectivity index (χ3v) is 2.89. The molecule has 0 saturated carbocycles. The van der Waals surface area contributed by atoms with Gasteiger partial charge in [-0.1, -0.05) is 13.3 Å². The van der Waals surface area contributed by atoms with Crippen molar-refractivity contribution in [2.75, 3.05) is 13.1 Å². The van der Waals surface area contributed by atoms with Gasteiger partial charge in [-0.25, -0.2) is 0 Å². The normalized spacial score (nSPS) is 22.2. The van der Waals surface area contributed by atoms with Gasteiger partial charge in [0, 0.05) is 19.5 Å². The molecule has 1 heterocycles. The minimum Gasteiger partial charge on any atom is -0.481 e. The molecule has 5 heteroatoms. The van der Waals surface area contributed by atoms with Crippen LogP contribution >= 0.6 is 0 Å². The van der Waals surface area contributed by atoms with Crippen LogP contribution in [-0.4, -0.2) is 41.3 Å². The molecular formula is C11H17NO4. The van der Waals surface area contributed by atoms with E-state index in [1.54, 1.807) is 0 Å². The van der Waals surface area contributed by atoms with Crippen molar-refractivity contribution < 1.29 is 19.5 Å². The maximum Gasteiger partial charge on any atom is 0.315 e. The lowest BCUT2D eigenvalue weighted by Crippen LogP contribution is -2.35. The monoisotopic (exact) mass is 227 g/mol. The highest BCUT2D eigenvalue weighted by Gasteiger charge is 2.32. The van der Waals surface area contributed by atoms with Crippen LogP contribution in [0.1, 0.15) is 26.2 Å². The van der Waals surface area contributed by atoms with Crippen LogP contribution in [0.25, 0.3) is 0 Å². The van der Waals surface area contributed by atoms with Crippen molar-refractivity contribution in [1.82, 2.24) is 4.90 Å². The average Bonchev–Trinajstić information content (AvgIpc) is 2.55. The van der Waals surface area contributed by atoms with Crippen LogP contribution in [0.15, 0.2) is 0 Å². The van der Waals surface area contributed by atoms with Gasteiger partial charge < -0.3 is 14.8 Å². The fourth-order valence-corrected chi connectivity index (χ4v) is 2.05. The Morgan fingerprint density at radius 2 is 2.38 bits per heavy atom. The maximum atomic E-state index is 11.6. The molecule has 0 aromatic carbocycles. The number of aldehydes is 1. The molecular weight excluding hydrogens is 210 g/mol. The Morgan fingerprint density at radius 3 is 2.88 bits per heavy atom. The first-order chi connectivity index (χ1) is 7.58. The molecule has 1 rings (SSSR count). The van der Waals surface area contributed by atoms with E-state index in [2.05, 4.69) is 6.92 Å². The van der Waals surface area contributed by atoms with E-state index in [1.165, 1.54) is 4.90 Å². The number of aliphatic carboxylic acids is 1. The van der Waals surface area contributed by atoms with Gasteiger partial charge in [-0.3, -0.25) is 9.59 Å². The summed E-state index contributed by atoms with van der Waals surface area (Å²) in [5, 5.41) is 8.72. The predicted molar refractivity (Wildman–Crippen MR) is 56.8 cm³/mol. The van der Waals surface area contributed by atoms with Crippen LogP contribution in [0.3, 0.4) is 0 Å². The van der Waals surface area contributed by atoms with Crippen molar-refractivity contribution in [3.8, 4) is 0 Å². The molecule has 16 heavy (non-hydrogen) atoms. The second kappa shape index (κ2) is 5.63. The second-order valence-corrected chi connectivity index (χ2v) is 4.24. The molecule has 0 spiro atoms. The second-order valence-electron chi connectivity index (χ2n) is 4.24. The molecule has 0 aliphatic carbocycles. The zero-order valence-corrected chi connectivity index (χ0v) is 9.39. The number of carbonyl (C=O) groups is 3. The van der Waals surface area contributed by atoms with Crippen LogP contribution in [-0.2, 0) is 14.4 Å². The largest absolute Gasteiger partial charge is 0.481 e. The highest BCUT2D eigenvalue weighted by molar-refractivity contribution is 5.88. The Hall–Kier alpha value is -1.39. The molecule has 0 bridgehead atoms. The van der Waals surface area contributed by atoms with Gasteiger partial charge in [0.25, 0.3) is 0 Å². The smallest absolute Gasteiger partial charge is 0.315 e. The molecule has 0 aromatic rings. The molecule has 2 unspecified atom stereocenters. The predicted octanol–water partition coefficient (Wildman–Crippen LogP) is 0.535. The lowest BCUT2D eigenvalue weighted by atomic mass is 10.0. The lowest BCUT2D eigenvalue weighted by molar-refractivity contribution is -0.144. The molecule has 1 amide bonds.